The molecule has 0 unspecified atom stereocenters. The summed E-state index contributed by atoms with van der Waals surface area (Å²) in [6, 6.07) is 7.36. The van der Waals surface area contributed by atoms with Gasteiger partial charge < -0.3 is 9.64 Å². The van der Waals surface area contributed by atoms with Crippen molar-refractivity contribution in [2.24, 2.45) is 5.10 Å². The number of carbonyl (C=O) groups excluding carboxylic acids is 1. The second kappa shape index (κ2) is 7.15. The number of hydrogen-bond donors (Lipinski definition) is 1. The molecule has 0 radical (unpaired) electrons. The highest BCUT2D eigenvalue weighted by Crippen LogP contribution is 2.25. The molecule has 22 heavy (non-hydrogen) atoms. The van der Waals surface area contributed by atoms with Crippen LogP contribution < -0.4 is 10.3 Å². The van der Waals surface area contributed by atoms with Crippen molar-refractivity contribution in [3.63, 3.8) is 0 Å². The van der Waals surface area contributed by atoms with Gasteiger partial charge in [0.2, 0.25) is 0 Å². The Morgan fingerprint density at radius 2 is 2.05 bits per heavy atom. The third kappa shape index (κ3) is 3.69. The summed E-state index contributed by atoms with van der Waals surface area (Å²) < 4.78 is 5.35. The van der Waals surface area contributed by atoms with E-state index in [0.717, 1.165) is 31.2 Å². The summed E-state index contributed by atoms with van der Waals surface area (Å²) >= 11 is 1.65. The molecule has 114 valence electrons. The zero-order valence-electron chi connectivity index (χ0n) is 11.9. The first kappa shape index (κ1) is 14.7. The molecule has 1 fully saturated rings. The molecule has 0 saturated carbocycles. The fourth-order valence-corrected chi connectivity index (χ4v) is 3.02. The van der Waals surface area contributed by atoms with Gasteiger partial charge in [-0.3, -0.25) is 9.78 Å². The lowest BCUT2D eigenvalue weighted by Gasteiger charge is -2.27. The van der Waals surface area contributed by atoms with Crippen LogP contribution in [0, 0.1) is 0 Å². The third-order valence-electron chi connectivity index (χ3n) is 3.24. The van der Waals surface area contributed by atoms with Crippen LogP contribution in [0.5, 0.6) is 0 Å². The Bertz CT molecular complexity index is 651. The zero-order valence-corrected chi connectivity index (χ0v) is 12.8. The first-order chi connectivity index (χ1) is 10.8. The topological polar surface area (TPSA) is 66.8 Å². The molecule has 2 aromatic rings. The van der Waals surface area contributed by atoms with E-state index in [4.69, 9.17) is 4.74 Å². The Hall–Kier alpha value is -2.25. The van der Waals surface area contributed by atoms with Gasteiger partial charge in [-0.2, -0.15) is 5.10 Å². The average Bonchev–Trinajstić information content (AvgIpc) is 3.05. The van der Waals surface area contributed by atoms with Gasteiger partial charge in [0, 0.05) is 35.9 Å². The number of carbonyl (C=O) groups is 1. The van der Waals surface area contributed by atoms with Crippen molar-refractivity contribution >= 4 is 28.5 Å². The number of hydrazone groups is 1. The van der Waals surface area contributed by atoms with Gasteiger partial charge in [-0.1, -0.05) is 0 Å². The summed E-state index contributed by atoms with van der Waals surface area (Å²) in [6.45, 7) is 3.36. The molecule has 3 heterocycles. The van der Waals surface area contributed by atoms with E-state index in [1.165, 1.54) is 5.00 Å². The van der Waals surface area contributed by atoms with Crippen LogP contribution in [0.1, 0.15) is 15.2 Å². The van der Waals surface area contributed by atoms with Gasteiger partial charge in [-0.15, -0.1) is 11.3 Å². The number of ether oxygens (including phenoxy) is 1. The molecule has 0 aromatic carbocycles. The fraction of sp³-hybridized carbons (Fsp3) is 0.267. The second-order valence-electron chi connectivity index (χ2n) is 4.71. The van der Waals surface area contributed by atoms with Gasteiger partial charge in [-0.05, 0) is 24.3 Å². The molecule has 1 aliphatic rings. The van der Waals surface area contributed by atoms with E-state index in [0.29, 0.717) is 5.56 Å². The molecular weight excluding hydrogens is 300 g/mol. The molecule has 0 spiro atoms. The number of nitrogens with zero attached hydrogens (tertiary/aromatic N) is 3. The van der Waals surface area contributed by atoms with E-state index < -0.39 is 0 Å². The number of aromatic nitrogens is 1. The van der Waals surface area contributed by atoms with E-state index in [1.807, 2.05) is 6.07 Å². The minimum atomic E-state index is -0.247. The van der Waals surface area contributed by atoms with E-state index in [2.05, 4.69) is 26.5 Å². The minimum absolute atomic E-state index is 0.247. The summed E-state index contributed by atoms with van der Waals surface area (Å²) in [5.74, 6) is -0.247. The first-order valence-electron chi connectivity index (χ1n) is 6.99. The molecule has 0 bridgehead atoms. The molecule has 6 nitrogen and oxygen atoms in total. The van der Waals surface area contributed by atoms with Gasteiger partial charge in [0.25, 0.3) is 5.91 Å². The van der Waals surface area contributed by atoms with Crippen molar-refractivity contribution < 1.29 is 9.53 Å². The van der Waals surface area contributed by atoms with Crippen LogP contribution in [-0.2, 0) is 4.74 Å². The SMILES string of the molecule is O=C(N/N=C/c1ccc(N2CCOCC2)s1)c1ccncc1. The number of hydrogen-bond acceptors (Lipinski definition) is 6. The predicted molar refractivity (Wildman–Crippen MR) is 86.6 cm³/mol. The van der Waals surface area contributed by atoms with Crippen LogP contribution in [0.3, 0.4) is 0 Å². The molecule has 1 saturated heterocycles. The second-order valence-corrected chi connectivity index (χ2v) is 5.80. The van der Waals surface area contributed by atoms with Gasteiger partial charge in [-0.25, -0.2) is 5.43 Å². The summed E-state index contributed by atoms with van der Waals surface area (Å²) in [7, 11) is 0. The highest BCUT2D eigenvalue weighted by Gasteiger charge is 2.12. The van der Waals surface area contributed by atoms with E-state index in [1.54, 1.807) is 42.1 Å². The van der Waals surface area contributed by atoms with Gasteiger partial charge in [0.1, 0.15) is 0 Å². The van der Waals surface area contributed by atoms with Crippen molar-refractivity contribution in [2.45, 2.75) is 0 Å². The number of rotatable bonds is 4. The Kier molecular flexibility index (Phi) is 4.77. The fourth-order valence-electron chi connectivity index (χ4n) is 2.09. The smallest absolute Gasteiger partial charge is 0.271 e. The molecule has 1 aliphatic heterocycles. The Morgan fingerprint density at radius 1 is 1.27 bits per heavy atom. The Balaban J connectivity index is 1.57. The third-order valence-corrected chi connectivity index (χ3v) is 4.32. The molecule has 0 atom stereocenters. The van der Waals surface area contributed by atoms with Crippen molar-refractivity contribution in [2.75, 3.05) is 31.2 Å². The molecular formula is C15H16N4O2S. The summed E-state index contributed by atoms with van der Waals surface area (Å²) in [5.41, 5.74) is 3.05. The minimum Gasteiger partial charge on any atom is -0.378 e. The Morgan fingerprint density at radius 3 is 2.82 bits per heavy atom. The van der Waals surface area contributed by atoms with Crippen LogP contribution in [0.4, 0.5) is 5.00 Å². The highest BCUT2D eigenvalue weighted by molar-refractivity contribution is 7.17. The van der Waals surface area contributed by atoms with Crippen LogP contribution in [0.2, 0.25) is 0 Å². The quantitative estimate of drug-likeness (QED) is 0.689. The van der Waals surface area contributed by atoms with Crippen LogP contribution in [0.15, 0.2) is 41.8 Å². The van der Waals surface area contributed by atoms with Crippen molar-refractivity contribution in [1.82, 2.24) is 10.4 Å². The molecule has 1 N–H and O–H groups in total. The van der Waals surface area contributed by atoms with E-state index in [-0.39, 0.29) is 5.91 Å². The summed E-state index contributed by atoms with van der Waals surface area (Å²) in [5, 5.41) is 5.20. The maximum Gasteiger partial charge on any atom is 0.271 e. The summed E-state index contributed by atoms with van der Waals surface area (Å²) in [6.07, 6.45) is 4.81. The first-order valence-corrected chi connectivity index (χ1v) is 7.80. The van der Waals surface area contributed by atoms with Gasteiger partial charge in [0.15, 0.2) is 0 Å². The van der Waals surface area contributed by atoms with Gasteiger partial charge >= 0.3 is 0 Å². The lowest BCUT2D eigenvalue weighted by atomic mass is 10.3. The molecule has 2 aromatic heterocycles. The number of thiophene rings is 1. The number of anilines is 1. The molecule has 0 aliphatic carbocycles. The summed E-state index contributed by atoms with van der Waals surface area (Å²) in [4.78, 5) is 19.0. The van der Waals surface area contributed by atoms with Crippen molar-refractivity contribution in [3.05, 3.63) is 47.1 Å². The number of nitrogens with one attached hydrogen (secondary N) is 1. The molecule has 3 rings (SSSR count). The largest absolute Gasteiger partial charge is 0.378 e. The number of morpholine rings is 1. The average molecular weight is 316 g/mol. The zero-order chi connectivity index (χ0) is 15.2. The molecule has 7 heteroatoms. The highest BCUT2D eigenvalue weighted by atomic mass is 32.1. The van der Waals surface area contributed by atoms with Gasteiger partial charge in [0.05, 0.1) is 24.4 Å². The number of amides is 1. The normalized spacial score (nSPS) is 15.2. The predicted octanol–water partition coefficient (Wildman–Crippen LogP) is 1.74. The van der Waals surface area contributed by atoms with Crippen molar-refractivity contribution in [3.8, 4) is 0 Å². The number of pyridine rings is 1. The maximum absolute atomic E-state index is 11.8. The van der Waals surface area contributed by atoms with Crippen molar-refractivity contribution in [1.29, 1.82) is 0 Å². The lowest BCUT2D eigenvalue weighted by molar-refractivity contribution is 0.0955. The monoisotopic (exact) mass is 316 g/mol. The maximum atomic E-state index is 11.8. The van der Waals surface area contributed by atoms with E-state index >= 15 is 0 Å². The molecule has 1 amide bonds. The van der Waals surface area contributed by atoms with Crippen LogP contribution >= 0.6 is 11.3 Å². The van der Waals surface area contributed by atoms with E-state index in [9.17, 15) is 4.79 Å². The Labute approximate surface area is 132 Å². The van der Waals surface area contributed by atoms with Crippen LogP contribution in [0.25, 0.3) is 0 Å². The standard InChI is InChI=1S/C15H16N4O2S/c20-15(12-3-5-16-6-4-12)18-17-11-13-1-2-14(22-13)19-7-9-21-10-8-19/h1-6,11H,7-10H2,(H,18,20)/b17-11+. The lowest BCUT2D eigenvalue weighted by Crippen LogP contribution is -2.35. The van der Waals surface area contributed by atoms with Crippen LogP contribution in [-0.4, -0.2) is 43.4 Å².